The number of anilines is 1. The van der Waals surface area contributed by atoms with Crippen LogP contribution in [0.4, 0.5) is 5.69 Å². The molecule has 3 atom stereocenters. The lowest BCUT2D eigenvalue weighted by molar-refractivity contribution is 0.0841. The molecule has 0 aromatic carbocycles. The zero-order chi connectivity index (χ0) is 14.1. The molecule has 2 bridgehead atoms. The first-order chi connectivity index (χ1) is 9.67. The van der Waals surface area contributed by atoms with Crippen LogP contribution in [0.3, 0.4) is 0 Å². The highest BCUT2D eigenvalue weighted by atomic mass is 16.5. The van der Waals surface area contributed by atoms with Crippen LogP contribution in [-0.2, 0) is 4.74 Å². The minimum absolute atomic E-state index is 0.0606. The summed E-state index contributed by atoms with van der Waals surface area (Å²) >= 11 is 0. The first kappa shape index (κ1) is 13.4. The molecule has 0 aliphatic carbocycles. The van der Waals surface area contributed by atoms with Gasteiger partial charge in [-0.2, -0.15) is 0 Å². The van der Waals surface area contributed by atoms with E-state index in [1.807, 2.05) is 19.9 Å². The fourth-order valence-electron chi connectivity index (χ4n) is 3.11. The molecule has 0 saturated carbocycles. The van der Waals surface area contributed by atoms with Gasteiger partial charge in [0.1, 0.15) is 0 Å². The zero-order valence-corrected chi connectivity index (χ0v) is 12.0. The van der Waals surface area contributed by atoms with Crippen LogP contribution in [0.5, 0.6) is 0 Å². The third-order valence-corrected chi connectivity index (χ3v) is 4.08. The number of ether oxygens (including phenoxy) is 1. The largest absolute Gasteiger partial charge is 0.385 e. The molecule has 0 radical (unpaired) electrons. The fraction of sp³-hybridized carbons (Fsp3) is 0.600. The first-order valence-corrected chi connectivity index (χ1v) is 7.34. The van der Waals surface area contributed by atoms with E-state index in [4.69, 9.17) is 4.74 Å². The summed E-state index contributed by atoms with van der Waals surface area (Å²) in [5.74, 6) is -0.0606. The van der Waals surface area contributed by atoms with Gasteiger partial charge in [0, 0.05) is 18.4 Å². The number of carbonyl (C=O) groups excluding carboxylic acids is 1. The second kappa shape index (κ2) is 5.40. The Morgan fingerprint density at radius 1 is 1.50 bits per heavy atom. The Bertz CT molecular complexity index is 518. The van der Waals surface area contributed by atoms with Crippen LogP contribution < -0.4 is 10.6 Å². The summed E-state index contributed by atoms with van der Waals surface area (Å²) in [5.41, 5.74) is 2.36. The van der Waals surface area contributed by atoms with Gasteiger partial charge in [-0.05, 0) is 39.2 Å². The number of carbonyl (C=O) groups is 1. The molecule has 1 amide bonds. The van der Waals surface area contributed by atoms with Gasteiger partial charge in [0.15, 0.2) is 0 Å². The summed E-state index contributed by atoms with van der Waals surface area (Å²) in [6, 6.07) is 2.06. The Morgan fingerprint density at radius 3 is 3.00 bits per heavy atom. The molecule has 2 fully saturated rings. The molecular formula is C15H21N3O2. The molecule has 0 spiro atoms. The summed E-state index contributed by atoms with van der Waals surface area (Å²) in [7, 11) is 0. The van der Waals surface area contributed by atoms with Crippen LogP contribution >= 0.6 is 0 Å². The Kier molecular flexibility index (Phi) is 3.61. The van der Waals surface area contributed by atoms with Gasteiger partial charge < -0.3 is 15.4 Å². The van der Waals surface area contributed by atoms with Gasteiger partial charge in [0.05, 0.1) is 29.5 Å². The lowest BCUT2D eigenvalue weighted by Gasteiger charge is -2.21. The minimum Gasteiger partial charge on any atom is -0.385 e. The number of rotatable bonds is 4. The summed E-state index contributed by atoms with van der Waals surface area (Å²) in [5, 5.41) is 6.33. The highest BCUT2D eigenvalue weighted by Gasteiger charge is 2.41. The normalized spacial score (nSPS) is 27.6. The molecule has 2 aliphatic heterocycles. The molecule has 3 unspecified atom stereocenters. The number of hydrogen-bond donors (Lipinski definition) is 2. The molecule has 108 valence electrons. The van der Waals surface area contributed by atoms with E-state index in [2.05, 4.69) is 15.6 Å². The monoisotopic (exact) mass is 275 g/mol. The van der Waals surface area contributed by atoms with E-state index in [1.165, 1.54) is 0 Å². The van der Waals surface area contributed by atoms with Gasteiger partial charge in [-0.15, -0.1) is 0 Å². The van der Waals surface area contributed by atoms with Crippen molar-refractivity contribution in [1.82, 2.24) is 10.3 Å². The van der Waals surface area contributed by atoms with Gasteiger partial charge in [0.2, 0.25) is 0 Å². The lowest BCUT2D eigenvalue weighted by atomic mass is 9.95. The predicted molar refractivity (Wildman–Crippen MR) is 76.9 cm³/mol. The Balaban J connectivity index is 1.73. The van der Waals surface area contributed by atoms with Crippen molar-refractivity contribution in [2.24, 2.45) is 0 Å². The number of amides is 1. The second-order valence-corrected chi connectivity index (χ2v) is 5.59. The second-order valence-electron chi connectivity index (χ2n) is 5.59. The Hall–Kier alpha value is -1.62. The van der Waals surface area contributed by atoms with Crippen molar-refractivity contribution >= 4 is 11.6 Å². The van der Waals surface area contributed by atoms with Crippen molar-refractivity contribution in [3.05, 3.63) is 23.5 Å². The van der Waals surface area contributed by atoms with Gasteiger partial charge >= 0.3 is 0 Å². The highest BCUT2D eigenvalue weighted by molar-refractivity contribution is 5.99. The van der Waals surface area contributed by atoms with Crippen molar-refractivity contribution in [1.29, 1.82) is 0 Å². The summed E-state index contributed by atoms with van der Waals surface area (Å²) in [4.78, 5) is 16.7. The average molecular weight is 275 g/mol. The molecule has 2 saturated heterocycles. The van der Waals surface area contributed by atoms with Crippen LogP contribution in [0.15, 0.2) is 12.3 Å². The predicted octanol–water partition coefficient (Wildman–Crippen LogP) is 1.87. The van der Waals surface area contributed by atoms with E-state index in [9.17, 15) is 4.79 Å². The smallest absolute Gasteiger partial charge is 0.255 e. The van der Waals surface area contributed by atoms with E-state index >= 15 is 0 Å². The van der Waals surface area contributed by atoms with Crippen LogP contribution in [0.25, 0.3) is 0 Å². The molecule has 1 aromatic rings. The van der Waals surface area contributed by atoms with Crippen LogP contribution in [0, 0.1) is 6.92 Å². The molecule has 3 rings (SSSR count). The van der Waals surface area contributed by atoms with E-state index in [-0.39, 0.29) is 18.1 Å². The number of nitrogens with one attached hydrogen (secondary N) is 2. The first-order valence-electron chi connectivity index (χ1n) is 7.34. The maximum absolute atomic E-state index is 12.4. The molecule has 2 N–H and O–H groups in total. The minimum atomic E-state index is -0.0606. The van der Waals surface area contributed by atoms with Crippen molar-refractivity contribution in [2.75, 3.05) is 11.9 Å². The van der Waals surface area contributed by atoms with Crippen LogP contribution in [-0.4, -0.2) is 35.7 Å². The fourth-order valence-corrected chi connectivity index (χ4v) is 3.11. The number of aromatic nitrogens is 1. The third kappa shape index (κ3) is 2.50. The van der Waals surface area contributed by atoms with Gasteiger partial charge in [-0.25, -0.2) is 0 Å². The van der Waals surface area contributed by atoms with Gasteiger partial charge in [-0.3, -0.25) is 9.78 Å². The van der Waals surface area contributed by atoms with Gasteiger partial charge in [0.25, 0.3) is 5.91 Å². The maximum Gasteiger partial charge on any atom is 0.255 e. The molecule has 1 aromatic heterocycles. The lowest BCUT2D eigenvalue weighted by Crippen LogP contribution is -2.41. The van der Waals surface area contributed by atoms with E-state index in [0.717, 1.165) is 37.2 Å². The SMILES string of the molecule is CCNc1cc(C)ncc1C(=O)NC1CC2CCC1O2. The summed E-state index contributed by atoms with van der Waals surface area (Å²) < 4.78 is 5.77. The Labute approximate surface area is 119 Å². The van der Waals surface area contributed by atoms with Gasteiger partial charge in [-0.1, -0.05) is 0 Å². The van der Waals surface area contributed by atoms with Crippen molar-refractivity contribution < 1.29 is 9.53 Å². The number of nitrogens with zero attached hydrogens (tertiary/aromatic N) is 1. The summed E-state index contributed by atoms with van der Waals surface area (Å²) in [6.45, 7) is 4.72. The summed E-state index contributed by atoms with van der Waals surface area (Å²) in [6.07, 6.45) is 5.32. The average Bonchev–Trinajstić information content (AvgIpc) is 3.01. The molecule has 3 heterocycles. The molecule has 20 heavy (non-hydrogen) atoms. The van der Waals surface area contributed by atoms with Crippen LogP contribution in [0.1, 0.15) is 42.2 Å². The van der Waals surface area contributed by atoms with E-state index in [1.54, 1.807) is 6.20 Å². The number of pyridine rings is 1. The quantitative estimate of drug-likeness (QED) is 0.880. The number of fused-ring (bicyclic) bond motifs is 2. The number of hydrogen-bond acceptors (Lipinski definition) is 4. The molecule has 2 aliphatic rings. The van der Waals surface area contributed by atoms with E-state index < -0.39 is 0 Å². The topological polar surface area (TPSA) is 63.2 Å². The van der Waals surface area contributed by atoms with Crippen molar-refractivity contribution in [3.8, 4) is 0 Å². The highest BCUT2D eigenvalue weighted by Crippen LogP contribution is 2.34. The zero-order valence-electron chi connectivity index (χ0n) is 12.0. The standard InChI is InChI=1S/C15H21N3O2/c1-3-16-12-6-9(2)17-8-11(12)15(19)18-13-7-10-4-5-14(13)20-10/h6,8,10,13-14H,3-5,7H2,1-2H3,(H,16,17)(H,18,19). The van der Waals surface area contributed by atoms with Crippen molar-refractivity contribution in [2.45, 2.75) is 51.4 Å². The van der Waals surface area contributed by atoms with Crippen molar-refractivity contribution in [3.63, 3.8) is 0 Å². The molecular weight excluding hydrogens is 254 g/mol. The van der Waals surface area contributed by atoms with E-state index in [0.29, 0.717) is 11.7 Å². The molecule has 5 nitrogen and oxygen atoms in total. The molecule has 5 heteroatoms. The number of aryl methyl sites for hydroxylation is 1. The Morgan fingerprint density at radius 2 is 2.35 bits per heavy atom. The maximum atomic E-state index is 12.4. The third-order valence-electron chi connectivity index (χ3n) is 4.08. The van der Waals surface area contributed by atoms with Crippen LogP contribution in [0.2, 0.25) is 0 Å².